The number of aromatic nitrogens is 1. The highest BCUT2D eigenvalue weighted by Gasteiger charge is 2.26. The molecule has 0 aromatic carbocycles. The van der Waals surface area contributed by atoms with Crippen LogP contribution in [0.2, 0.25) is 0 Å². The molecular weight excluding hydrogens is 272 g/mol. The first-order valence-electron chi connectivity index (χ1n) is 7.20. The fourth-order valence-electron chi connectivity index (χ4n) is 2.37. The Hall–Kier alpha value is -1.82. The number of rotatable bonds is 7. The third kappa shape index (κ3) is 4.07. The molecular formula is C15H24N2O4. The van der Waals surface area contributed by atoms with E-state index in [1.54, 1.807) is 13.8 Å². The molecule has 6 heteroatoms. The van der Waals surface area contributed by atoms with E-state index in [0.29, 0.717) is 12.2 Å². The first-order chi connectivity index (χ1) is 9.81. The number of nitrogens with zero attached hydrogens (tertiary/aromatic N) is 2. The molecule has 1 atom stereocenters. The van der Waals surface area contributed by atoms with Crippen molar-refractivity contribution in [3.05, 3.63) is 28.2 Å². The van der Waals surface area contributed by atoms with Crippen LogP contribution in [-0.4, -0.2) is 38.7 Å². The zero-order valence-electron chi connectivity index (χ0n) is 13.0. The number of carbonyl (C=O) groups is 1. The molecule has 1 heterocycles. The van der Waals surface area contributed by atoms with Crippen molar-refractivity contribution in [2.24, 2.45) is 5.92 Å². The van der Waals surface area contributed by atoms with Crippen LogP contribution >= 0.6 is 0 Å². The highest BCUT2D eigenvalue weighted by atomic mass is 16.4. The van der Waals surface area contributed by atoms with Crippen LogP contribution in [0.1, 0.15) is 39.4 Å². The van der Waals surface area contributed by atoms with E-state index >= 15 is 0 Å². The maximum atomic E-state index is 11.7. The van der Waals surface area contributed by atoms with Crippen LogP contribution in [0.4, 0.5) is 0 Å². The van der Waals surface area contributed by atoms with E-state index in [9.17, 15) is 19.8 Å². The monoisotopic (exact) mass is 296 g/mol. The molecule has 2 N–H and O–H groups in total. The van der Waals surface area contributed by atoms with Crippen LogP contribution < -0.4 is 5.43 Å². The van der Waals surface area contributed by atoms with Gasteiger partial charge in [-0.1, -0.05) is 27.7 Å². The van der Waals surface area contributed by atoms with Crippen LogP contribution in [0.5, 0.6) is 5.75 Å². The average Bonchev–Trinajstić information content (AvgIpc) is 2.40. The van der Waals surface area contributed by atoms with Gasteiger partial charge in [0.2, 0.25) is 5.43 Å². The normalized spacial score (nSPS) is 12.9. The smallest absolute Gasteiger partial charge is 0.326 e. The minimum atomic E-state index is -0.978. The van der Waals surface area contributed by atoms with Gasteiger partial charge < -0.3 is 14.8 Å². The summed E-state index contributed by atoms with van der Waals surface area (Å²) >= 11 is 0. The van der Waals surface area contributed by atoms with E-state index in [4.69, 9.17) is 0 Å². The van der Waals surface area contributed by atoms with Crippen molar-refractivity contribution in [2.45, 2.75) is 40.3 Å². The van der Waals surface area contributed by atoms with Crippen molar-refractivity contribution in [3.8, 4) is 5.75 Å². The minimum absolute atomic E-state index is 0.167. The molecule has 6 nitrogen and oxygen atoms in total. The van der Waals surface area contributed by atoms with Crippen molar-refractivity contribution < 1.29 is 15.0 Å². The summed E-state index contributed by atoms with van der Waals surface area (Å²) in [5.74, 6) is -1.57. The maximum absolute atomic E-state index is 11.7. The Morgan fingerprint density at radius 2 is 1.90 bits per heavy atom. The number of hydrogen-bond acceptors (Lipinski definition) is 4. The van der Waals surface area contributed by atoms with E-state index in [-0.39, 0.29) is 5.92 Å². The number of pyridine rings is 1. The van der Waals surface area contributed by atoms with E-state index in [1.807, 2.05) is 13.8 Å². The highest BCUT2D eigenvalue weighted by Crippen LogP contribution is 2.22. The molecule has 0 aliphatic rings. The third-order valence-electron chi connectivity index (χ3n) is 3.61. The van der Waals surface area contributed by atoms with E-state index in [1.165, 1.54) is 16.8 Å². The van der Waals surface area contributed by atoms with Gasteiger partial charge in [-0.3, -0.25) is 9.69 Å². The summed E-state index contributed by atoms with van der Waals surface area (Å²) in [5, 5.41) is 19.1. The van der Waals surface area contributed by atoms with E-state index in [2.05, 4.69) is 4.90 Å². The van der Waals surface area contributed by atoms with Crippen molar-refractivity contribution in [2.75, 3.05) is 13.1 Å². The van der Waals surface area contributed by atoms with Crippen molar-refractivity contribution >= 4 is 5.97 Å². The summed E-state index contributed by atoms with van der Waals surface area (Å²) in [4.78, 5) is 25.3. The summed E-state index contributed by atoms with van der Waals surface area (Å²) in [6, 6.07) is 0.508. The van der Waals surface area contributed by atoms with Crippen LogP contribution in [-0.2, 0) is 11.3 Å². The Morgan fingerprint density at radius 3 is 2.33 bits per heavy atom. The molecule has 1 unspecified atom stereocenters. The Balaban J connectivity index is 3.37. The van der Waals surface area contributed by atoms with Crippen LogP contribution in [0, 0.1) is 5.92 Å². The summed E-state index contributed by atoms with van der Waals surface area (Å²) in [7, 11) is 0. The average molecular weight is 296 g/mol. The number of hydrogen-bond donors (Lipinski definition) is 2. The van der Waals surface area contributed by atoms with Crippen molar-refractivity contribution in [1.29, 1.82) is 0 Å². The Bertz CT molecular complexity index is 547. The minimum Gasteiger partial charge on any atom is -0.503 e. The van der Waals surface area contributed by atoms with Gasteiger partial charge in [-0.15, -0.1) is 0 Å². The Kier molecular flexibility index (Phi) is 5.96. The molecule has 21 heavy (non-hydrogen) atoms. The Labute approximate surface area is 124 Å². The molecule has 1 aromatic heterocycles. The lowest BCUT2D eigenvalue weighted by Gasteiger charge is -2.26. The third-order valence-corrected chi connectivity index (χ3v) is 3.61. The molecule has 0 fully saturated rings. The maximum Gasteiger partial charge on any atom is 0.326 e. The summed E-state index contributed by atoms with van der Waals surface area (Å²) in [6.07, 6.45) is 1.24. The summed E-state index contributed by atoms with van der Waals surface area (Å²) in [6.45, 7) is 9.67. The Morgan fingerprint density at radius 1 is 1.33 bits per heavy atom. The van der Waals surface area contributed by atoms with Gasteiger partial charge in [0.25, 0.3) is 0 Å². The second-order valence-corrected chi connectivity index (χ2v) is 5.41. The van der Waals surface area contributed by atoms with Gasteiger partial charge >= 0.3 is 5.97 Å². The lowest BCUT2D eigenvalue weighted by molar-refractivity contribution is -0.142. The molecule has 0 radical (unpaired) electrons. The fourth-order valence-corrected chi connectivity index (χ4v) is 2.37. The molecule has 1 aromatic rings. The predicted molar refractivity (Wildman–Crippen MR) is 80.5 cm³/mol. The lowest BCUT2D eigenvalue weighted by Crippen LogP contribution is -2.31. The molecule has 0 saturated carbocycles. The zero-order chi connectivity index (χ0) is 16.2. The van der Waals surface area contributed by atoms with Gasteiger partial charge in [-0.25, -0.2) is 4.79 Å². The van der Waals surface area contributed by atoms with Gasteiger partial charge in [-0.05, 0) is 19.0 Å². The first kappa shape index (κ1) is 17.2. The van der Waals surface area contributed by atoms with Crippen LogP contribution in [0.25, 0.3) is 0 Å². The molecule has 0 aliphatic carbocycles. The number of carboxylic acids is 1. The number of carboxylic acid groups (broad SMARTS) is 1. The molecule has 0 amide bonds. The molecule has 1 rings (SSSR count). The molecule has 118 valence electrons. The fraction of sp³-hybridized carbons (Fsp3) is 0.600. The SMILES string of the molecule is CCN(CC)Cc1cc(=O)c(O)cn1C(C(=O)O)C(C)C. The molecule has 0 bridgehead atoms. The summed E-state index contributed by atoms with van der Waals surface area (Å²) in [5.41, 5.74) is 0.115. The second kappa shape index (κ2) is 7.26. The topological polar surface area (TPSA) is 82.8 Å². The predicted octanol–water partition coefficient (Wildman–Crippen LogP) is 1.68. The molecule has 0 aliphatic heterocycles. The van der Waals surface area contributed by atoms with Gasteiger partial charge in [-0.2, -0.15) is 0 Å². The van der Waals surface area contributed by atoms with Crippen LogP contribution in [0.15, 0.2) is 17.1 Å². The largest absolute Gasteiger partial charge is 0.503 e. The van der Waals surface area contributed by atoms with Crippen molar-refractivity contribution in [3.63, 3.8) is 0 Å². The number of aliphatic carboxylic acids is 1. The molecule has 0 spiro atoms. The lowest BCUT2D eigenvalue weighted by atomic mass is 10.0. The van der Waals surface area contributed by atoms with E-state index < -0.39 is 23.2 Å². The number of aromatic hydroxyl groups is 1. The molecule has 0 saturated heterocycles. The van der Waals surface area contributed by atoms with Gasteiger partial charge in [0, 0.05) is 18.3 Å². The quantitative estimate of drug-likeness (QED) is 0.800. The van der Waals surface area contributed by atoms with Crippen LogP contribution in [0.3, 0.4) is 0 Å². The van der Waals surface area contributed by atoms with Gasteiger partial charge in [0.05, 0.1) is 6.20 Å². The van der Waals surface area contributed by atoms with Crippen molar-refractivity contribution in [1.82, 2.24) is 9.47 Å². The van der Waals surface area contributed by atoms with E-state index in [0.717, 1.165) is 13.1 Å². The summed E-state index contributed by atoms with van der Waals surface area (Å²) < 4.78 is 1.50. The zero-order valence-corrected chi connectivity index (χ0v) is 13.0. The van der Waals surface area contributed by atoms with Gasteiger partial charge in [0.1, 0.15) is 6.04 Å². The highest BCUT2D eigenvalue weighted by molar-refractivity contribution is 5.72. The first-order valence-corrected chi connectivity index (χ1v) is 7.20. The standard InChI is InChI=1S/C15H24N2O4/c1-5-16(6-2)8-11-7-12(18)13(19)9-17(11)14(10(3)4)15(20)21/h7,9-10,14,19H,5-6,8H2,1-4H3,(H,20,21). The van der Waals surface area contributed by atoms with Gasteiger partial charge in [0.15, 0.2) is 5.75 Å². The second-order valence-electron chi connectivity index (χ2n) is 5.41.